The van der Waals surface area contributed by atoms with Crippen LogP contribution in [0.25, 0.3) is 110 Å². The number of anilines is 3. The maximum Gasteiger partial charge on any atom is 0.0804 e. The minimum absolute atomic E-state index is 1.09. The molecule has 14 rings (SSSR count). The Morgan fingerprint density at radius 1 is 0.261 bits per heavy atom. The van der Waals surface area contributed by atoms with E-state index in [-0.39, 0.29) is 0 Å². The Morgan fingerprint density at radius 3 is 1.39 bits per heavy atom. The van der Waals surface area contributed by atoms with Crippen LogP contribution in [0.4, 0.5) is 17.1 Å². The molecule has 0 fully saturated rings. The Balaban J connectivity index is 1.07. The monoisotopic (exact) mass is 877 g/mol. The molecule has 14 aromatic rings. The van der Waals surface area contributed by atoms with Crippen LogP contribution in [0.1, 0.15) is 0 Å². The summed E-state index contributed by atoms with van der Waals surface area (Å²) in [6, 6.07) is 95.6. The Hall–Kier alpha value is -9.18. The molecule has 69 heavy (non-hydrogen) atoms. The van der Waals surface area contributed by atoms with E-state index in [0.717, 1.165) is 50.4 Å². The maximum atomic E-state index is 2.51. The summed E-state index contributed by atoms with van der Waals surface area (Å²) in [7, 11) is 0. The first-order valence-corrected chi connectivity index (χ1v) is 23.8. The van der Waals surface area contributed by atoms with E-state index < -0.39 is 0 Å². The van der Waals surface area contributed by atoms with E-state index in [1.807, 2.05) is 0 Å². The molecule has 2 heterocycles. The highest BCUT2D eigenvalue weighted by Crippen LogP contribution is 2.46. The summed E-state index contributed by atoms with van der Waals surface area (Å²) in [5.74, 6) is 0. The van der Waals surface area contributed by atoms with Crippen molar-refractivity contribution in [3.63, 3.8) is 0 Å². The topological polar surface area (TPSA) is 13.1 Å². The fourth-order valence-electron chi connectivity index (χ4n) is 11.2. The molecule has 12 aromatic carbocycles. The highest BCUT2D eigenvalue weighted by molar-refractivity contribution is 6.21. The zero-order chi connectivity index (χ0) is 45.4. The second-order valence-electron chi connectivity index (χ2n) is 18.1. The van der Waals surface area contributed by atoms with E-state index in [9.17, 15) is 0 Å². The van der Waals surface area contributed by atoms with Crippen molar-refractivity contribution in [3.05, 3.63) is 261 Å². The lowest BCUT2D eigenvalue weighted by Crippen LogP contribution is -2.09. The average Bonchev–Trinajstić information content (AvgIpc) is 3.93. The van der Waals surface area contributed by atoms with Gasteiger partial charge in [0.25, 0.3) is 0 Å². The van der Waals surface area contributed by atoms with Gasteiger partial charge in [0.05, 0.1) is 22.1 Å². The molecule has 0 spiro atoms. The first-order valence-electron chi connectivity index (χ1n) is 23.8. The van der Waals surface area contributed by atoms with Crippen molar-refractivity contribution in [2.24, 2.45) is 0 Å². The predicted molar refractivity (Wildman–Crippen MR) is 293 cm³/mol. The Labute approximate surface area is 399 Å². The van der Waals surface area contributed by atoms with Gasteiger partial charge in [-0.1, -0.05) is 176 Å². The number of aromatic nitrogens is 2. The standard InChI is InChI=1S/C66H43N3/c1-3-24-49(25-4-1)67(50-26-5-2-6-27-50)53-37-38-63-61(43-53)66-65(69(63)51-28-17-22-46(40-51)60-42-47-21-7-10-30-54(47)57-33-13-14-34-58(57)60)59-35-15-16-36-62(59)68(66)52-29-18-23-48(41-52)64-55-31-11-8-19-44(55)39-45-20-9-12-32-56(45)64/h1-43H. The second-order valence-corrected chi connectivity index (χ2v) is 18.1. The minimum atomic E-state index is 1.09. The predicted octanol–water partition coefficient (Wildman–Crippen LogP) is 18.1. The SMILES string of the molecule is c1ccc(N(c2ccccc2)c2ccc3c(c2)c2c(c4ccccc4n2-c2cccc(-c4c5ccccc5cc5ccccc45)c2)n3-c2cccc(-c3cc4ccccc4c4ccccc34)c2)cc1. The van der Waals surface area contributed by atoms with Gasteiger partial charge in [0.15, 0.2) is 0 Å². The van der Waals surface area contributed by atoms with E-state index in [4.69, 9.17) is 0 Å². The fourth-order valence-corrected chi connectivity index (χ4v) is 11.2. The van der Waals surface area contributed by atoms with Gasteiger partial charge in [-0.3, -0.25) is 0 Å². The number of rotatable bonds is 7. The molecule has 2 aromatic heterocycles. The fraction of sp³-hybridized carbons (Fsp3) is 0. The molecular weight excluding hydrogens is 835 g/mol. The van der Waals surface area contributed by atoms with Crippen molar-refractivity contribution in [1.82, 2.24) is 9.13 Å². The third kappa shape index (κ3) is 6.21. The highest BCUT2D eigenvalue weighted by atomic mass is 15.1. The van der Waals surface area contributed by atoms with Crippen LogP contribution in [0.3, 0.4) is 0 Å². The summed E-state index contributed by atoms with van der Waals surface area (Å²) in [4.78, 5) is 2.37. The maximum absolute atomic E-state index is 2.51. The number of hydrogen-bond acceptors (Lipinski definition) is 1. The smallest absolute Gasteiger partial charge is 0.0804 e. The number of nitrogens with zero attached hydrogens (tertiary/aromatic N) is 3. The molecule has 322 valence electrons. The number of benzene rings is 12. The van der Waals surface area contributed by atoms with Gasteiger partial charge in [-0.15, -0.1) is 0 Å². The molecule has 0 aliphatic heterocycles. The van der Waals surface area contributed by atoms with Gasteiger partial charge in [0, 0.05) is 39.2 Å². The molecule has 0 radical (unpaired) electrons. The largest absolute Gasteiger partial charge is 0.310 e. The number of fused-ring (bicyclic) bond motifs is 10. The summed E-state index contributed by atoms with van der Waals surface area (Å²) in [5, 5.41) is 12.3. The van der Waals surface area contributed by atoms with Crippen LogP contribution < -0.4 is 4.90 Å². The van der Waals surface area contributed by atoms with E-state index in [0.29, 0.717) is 0 Å². The zero-order valence-electron chi connectivity index (χ0n) is 37.7. The summed E-state index contributed by atoms with van der Waals surface area (Å²) in [5.41, 5.74) is 15.0. The van der Waals surface area contributed by atoms with Crippen molar-refractivity contribution in [3.8, 4) is 33.6 Å². The molecular formula is C66H43N3. The lowest BCUT2D eigenvalue weighted by Gasteiger charge is -2.25. The van der Waals surface area contributed by atoms with Crippen LogP contribution in [0, 0.1) is 0 Å². The van der Waals surface area contributed by atoms with Gasteiger partial charge in [-0.2, -0.15) is 0 Å². The summed E-state index contributed by atoms with van der Waals surface area (Å²) in [6.07, 6.45) is 0. The highest BCUT2D eigenvalue weighted by Gasteiger charge is 2.25. The van der Waals surface area contributed by atoms with Crippen molar-refractivity contribution in [2.45, 2.75) is 0 Å². The molecule has 0 unspecified atom stereocenters. The third-order valence-electron chi connectivity index (χ3n) is 14.2. The van der Waals surface area contributed by atoms with Crippen LogP contribution in [0.2, 0.25) is 0 Å². The van der Waals surface area contributed by atoms with Gasteiger partial charge in [0.1, 0.15) is 0 Å². The van der Waals surface area contributed by atoms with Crippen molar-refractivity contribution >= 4 is 93.0 Å². The molecule has 0 amide bonds. The first-order chi connectivity index (χ1) is 34.2. The minimum Gasteiger partial charge on any atom is -0.310 e. The Kier molecular flexibility index (Phi) is 8.90. The van der Waals surface area contributed by atoms with Gasteiger partial charge < -0.3 is 14.0 Å². The lowest BCUT2D eigenvalue weighted by molar-refractivity contribution is 1.17. The van der Waals surface area contributed by atoms with Gasteiger partial charge >= 0.3 is 0 Å². The van der Waals surface area contributed by atoms with E-state index in [2.05, 4.69) is 275 Å². The summed E-state index contributed by atoms with van der Waals surface area (Å²) in [6.45, 7) is 0. The molecule has 0 aliphatic carbocycles. The Bertz CT molecular complexity index is 4220. The van der Waals surface area contributed by atoms with Crippen molar-refractivity contribution in [2.75, 3.05) is 4.90 Å². The number of para-hydroxylation sites is 3. The normalized spacial score (nSPS) is 11.8. The molecule has 0 bridgehead atoms. The van der Waals surface area contributed by atoms with Crippen molar-refractivity contribution in [1.29, 1.82) is 0 Å². The Morgan fingerprint density at radius 2 is 0.739 bits per heavy atom. The summed E-state index contributed by atoms with van der Waals surface area (Å²) >= 11 is 0. The van der Waals surface area contributed by atoms with Crippen LogP contribution in [-0.4, -0.2) is 9.13 Å². The lowest BCUT2D eigenvalue weighted by atomic mass is 9.92. The molecule has 0 saturated carbocycles. The molecule has 0 saturated heterocycles. The molecule has 3 nitrogen and oxygen atoms in total. The quantitative estimate of drug-likeness (QED) is 0.115. The summed E-state index contributed by atoms with van der Waals surface area (Å²) < 4.78 is 5.03. The molecule has 3 heteroatoms. The van der Waals surface area contributed by atoms with Gasteiger partial charge in [-0.25, -0.2) is 0 Å². The van der Waals surface area contributed by atoms with Gasteiger partial charge in [-0.05, 0) is 150 Å². The average molecular weight is 878 g/mol. The van der Waals surface area contributed by atoms with Crippen molar-refractivity contribution < 1.29 is 0 Å². The van der Waals surface area contributed by atoms with E-state index in [1.54, 1.807) is 0 Å². The van der Waals surface area contributed by atoms with Gasteiger partial charge in [0.2, 0.25) is 0 Å². The zero-order valence-corrected chi connectivity index (χ0v) is 37.7. The second kappa shape index (κ2) is 15.7. The van der Waals surface area contributed by atoms with E-state index >= 15 is 0 Å². The van der Waals surface area contributed by atoms with Crippen LogP contribution in [-0.2, 0) is 0 Å². The van der Waals surface area contributed by atoms with Crippen LogP contribution in [0.5, 0.6) is 0 Å². The number of hydrogen-bond donors (Lipinski definition) is 0. The third-order valence-corrected chi connectivity index (χ3v) is 14.2. The molecule has 0 N–H and O–H groups in total. The molecule has 0 atom stereocenters. The molecule has 0 aliphatic rings. The first kappa shape index (κ1) is 39.0. The van der Waals surface area contributed by atoms with E-state index in [1.165, 1.54) is 76.2 Å². The van der Waals surface area contributed by atoms with Crippen LogP contribution in [0.15, 0.2) is 261 Å². The van der Waals surface area contributed by atoms with Crippen LogP contribution >= 0.6 is 0 Å².